The highest BCUT2D eigenvalue weighted by Gasteiger charge is 2.14. The molecule has 1 N–H and O–H groups in total. The number of carbonyl (C=O) groups excluding carboxylic acids is 1. The van der Waals surface area contributed by atoms with Gasteiger partial charge >= 0.3 is 0 Å². The van der Waals surface area contributed by atoms with Crippen molar-refractivity contribution in [1.29, 1.82) is 0 Å². The van der Waals surface area contributed by atoms with Crippen LogP contribution in [0.15, 0.2) is 53.3 Å². The summed E-state index contributed by atoms with van der Waals surface area (Å²) in [6.07, 6.45) is 0. The van der Waals surface area contributed by atoms with Crippen molar-refractivity contribution in [2.24, 2.45) is 7.05 Å². The van der Waals surface area contributed by atoms with Crippen molar-refractivity contribution >= 4 is 28.3 Å². The number of aryl methyl sites for hydroxylation is 1. The first-order valence-corrected chi connectivity index (χ1v) is 8.84. The van der Waals surface area contributed by atoms with Gasteiger partial charge in [-0.25, -0.2) is 0 Å². The summed E-state index contributed by atoms with van der Waals surface area (Å²) in [4.78, 5) is 26.2. The number of fused-ring (bicyclic) bond motifs is 3. The molecule has 8 heteroatoms. The molecule has 0 radical (unpaired) electrons. The Hall–Kier alpha value is -3.68. The van der Waals surface area contributed by atoms with Gasteiger partial charge in [0.2, 0.25) is 5.78 Å². The molecule has 4 rings (SSSR count). The monoisotopic (exact) mass is 376 g/mol. The Kier molecular flexibility index (Phi) is 4.31. The van der Waals surface area contributed by atoms with Gasteiger partial charge in [-0.15, -0.1) is 10.2 Å². The Morgan fingerprint density at radius 1 is 1.11 bits per heavy atom. The van der Waals surface area contributed by atoms with E-state index in [1.807, 2.05) is 34.7 Å². The highest BCUT2D eigenvalue weighted by molar-refractivity contribution is 5.94. The lowest BCUT2D eigenvalue weighted by atomic mass is 10.2. The summed E-state index contributed by atoms with van der Waals surface area (Å²) >= 11 is 0. The van der Waals surface area contributed by atoms with Gasteiger partial charge in [0.15, 0.2) is 5.82 Å². The second-order valence-corrected chi connectivity index (χ2v) is 6.77. The third-order valence-electron chi connectivity index (χ3n) is 4.66. The smallest absolute Gasteiger partial charge is 0.262 e. The van der Waals surface area contributed by atoms with E-state index in [1.165, 1.54) is 9.47 Å². The number of rotatable bonds is 4. The molecule has 2 aromatic heterocycles. The number of anilines is 1. The van der Waals surface area contributed by atoms with Crippen molar-refractivity contribution in [1.82, 2.24) is 24.1 Å². The topological polar surface area (TPSA) is 84.5 Å². The standard InChI is InChI=1S/C20H20N6O2/c1-24(2)18(27)13-7-6-8-14(11-13)21-12-17-22-23-20-25(3)19(28)15-9-4-5-10-16(15)26(17)20/h4-11,21H,12H2,1-3H3. The van der Waals surface area contributed by atoms with Gasteiger partial charge < -0.3 is 10.2 Å². The first kappa shape index (κ1) is 17.7. The summed E-state index contributed by atoms with van der Waals surface area (Å²) in [6.45, 7) is 0.392. The highest BCUT2D eigenvalue weighted by atomic mass is 16.2. The van der Waals surface area contributed by atoms with Crippen molar-refractivity contribution in [2.45, 2.75) is 6.54 Å². The van der Waals surface area contributed by atoms with E-state index in [9.17, 15) is 9.59 Å². The number of amides is 1. The first-order valence-electron chi connectivity index (χ1n) is 8.84. The fraction of sp³-hybridized carbons (Fsp3) is 0.200. The van der Waals surface area contributed by atoms with Crippen LogP contribution in [0.4, 0.5) is 5.69 Å². The maximum Gasteiger partial charge on any atom is 0.262 e. The van der Waals surface area contributed by atoms with Crippen LogP contribution in [-0.2, 0) is 13.6 Å². The molecule has 0 aliphatic carbocycles. The quantitative estimate of drug-likeness (QED) is 0.588. The average molecular weight is 376 g/mol. The van der Waals surface area contributed by atoms with Crippen LogP contribution in [0.5, 0.6) is 0 Å². The number of aromatic nitrogens is 4. The zero-order chi connectivity index (χ0) is 19.8. The third-order valence-corrected chi connectivity index (χ3v) is 4.66. The van der Waals surface area contributed by atoms with Crippen LogP contribution < -0.4 is 10.9 Å². The number of hydrogen-bond acceptors (Lipinski definition) is 5. The molecule has 142 valence electrons. The lowest BCUT2D eigenvalue weighted by Crippen LogP contribution is -2.21. The maximum absolute atomic E-state index is 12.5. The largest absolute Gasteiger partial charge is 0.378 e. The summed E-state index contributed by atoms with van der Waals surface area (Å²) in [6, 6.07) is 14.7. The number of para-hydroxylation sites is 1. The molecule has 2 aromatic carbocycles. The van der Waals surface area contributed by atoms with Crippen molar-refractivity contribution in [3.8, 4) is 0 Å². The van der Waals surface area contributed by atoms with Crippen molar-refractivity contribution in [3.63, 3.8) is 0 Å². The van der Waals surface area contributed by atoms with Gasteiger partial charge in [0, 0.05) is 32.4 Å². The second kappa shape index (κ2) is 6.80. The first-order chi connectivity index (χ1) is 13.5. The van der Waals surface area contributed by atoms with Gasteiger partial charge in [0.05, 0.1) is 17.4 Å². The maximum atomic E-state index is 12.5. The molecule has 28 heavy (non-hydrogen) atoms. The number of nitrogens with zero attached hydrogens (tertiary/aromatic N) is 5. The molecule has 4 aromatic rings. The Morgan fingerprint density at radius 2 is 1.89 bits per heavy atom. The molecule has 1 amide bonds. The van der Waals surface area contributed by atoms with Gasteiger partial charge in [-0.05, 0) is 30.3 Å². The third kappa shape index (κ3) is 2.88. The molecule has 0 bridgehead atoms. The molecular formula is C20H20N6O2. The minimum absolute atomic E-state index is 0.0578. The molecule has 0 saturated carbocycles. The molecule has 0 aliphatic heterocycles. The number of benzene rings is 2. The molecule has 2 heterocycles. The lowest BCUT2D eigenvalue weighted by Gasteiger charge is -2.12. The van der Waals surface area contributed by atoms with E-state index in [2.05, 4.69) is 15.5 Å². The normalized spacial score (nSPS) is 11.1. The molecular weight excluding hydrogens is 356 g/mol. The van der Waals surface area contributed by atoms with Crippen LogP contribution >= 0.6 is 0 Å². The summed E-state index contributed by atoms with van der Waals surface area (Å²) in [5, 5.41) is 12.3. The predicted octanol–water partition coefficient (Wildman–Crippen LogP) is 1.90. The molecule has 8 nitrogen and oxygen atoms in total. The molecule has 0 unspecified atom stereocenters. The molecule has 0 aliphatic rings. The number of carbonyl (C=O) groups is 1. The van der Waals surface area contributed by atoms with Crippen molar-refractivity contribution < 1.29 is 4.79 Å². The summed E-state index contributed by atoms with van der Waals surface area (Å²) < 4.78 is 3.37. The van der Waals surface area contributed by atoms with Crippen LogP contribution in [0, 0.1) is 0 Å². The van der Waals surface area contributed by atoms with Gasteiger partial charge in [0.1, 0.15) is 0 Å². The second-order valence-electron chi connectivity index (χ2n) is 6.77. The average Bonchev–Trinajstić information content (AvgIpc) is 3.14. The number of nitrogens with one attached hydrogen (secondary N) is 1. The Morgan fingerprint density at radius 3 is 2.68 bits per heavy atom. The molecule has 0 fully saturated rings. The van der Waals surface area contributed by atoms with E-state index < -0.39 is 0 Å². The van der Waals surface area contributed by atoms with E-state index in [0.717, 1.165) is 11.2 Å². The SMILES string of the molecule is CN(C)C(=O)c1cccc(NCc2nnc3n(C)c(=O)c4ccccc4n23)c1. The molecule has 0 spiro atoms. The molecule has 0 saturated heterocycles. The Bertz CT molecular complexity index is 1250. The zero-order valence-corrected chi connectivity index (χ0v) is 15.9. The van der Waals surface area contributed by atoms with Crippen LogP contribution in [0.3, 0.4) is 0 Å². The minimum atomic E-state index is -0.107. The van der Waals surface area contributed by atoms with Crippen LogP contribution in [0.1, 0.15) is 16.2 Å². The highest BCUT2D eigenvalue weighted by Crippen LogP contribution is 2.16. The van der Waals surface area contributed by atoms with Crippen LogP contribution in [-0.4, -0.2) is 44.1 Å². The Balaban J connectivity index is 1.71. The van der Waals surface area contributed by atoms with Crippen molar-refractivity contribution in [2.75, 3.05) is 19.4 Å². The van der Waals surface area contributed by atoms with E-state index in [4.69, 9.17) is 0 Å². The van der Waals surface area contributed by atoms with Gasteiger partial charge in [-0.3, -0.25) is 18.6 Å². The van der Waals surface area contributed by atoms with E-state index in [1.54, 1.807) is 39.3 Å². The minimum Gasteiger partial charge on any atom is -0.378 e. The van der Waals surface area contributed by atoms with Gasteiger partial charge in [-0.1, -0.05) is 18.2 Å². The van der Waals surface area contributed by atoms with E-state index in [0.29, 0.717) is 29.1 Å². The van der Waals surface area contributed by atoms with Gasteiger partial charge in [-0.2, -0.15) is 0 Å². The van der Waals surface area contributed by atoms with E-state index in [-0.39, 0.29) is 11.5 Å². The Labute approximate surface area is 161 Å². The summed E-state index contributed by atoms with van der Waals surface area (Å²) in [5.74, 6) is 1.10. The zero-order valence-electron chi connectivity index (χ0n) is 15.9. The van der Waals surface area contributed by atoms with E-state index >= 15 is 0 Å². The number of hydrogen-bond donors (Lipinski definition) is 1. The fourth-order valence-corrected chi connectivity index (χ4v) is 3.21. The van der Waals surface area contributed by atoms with Crippen LogP contribution in [0.2, 0.25) is 0 Å². The predicted molar refractivity (Wildman–Crippen MR) is 108 cm³/mol. The van der Waals surface area contributed by atoms with Gasteiger partial charge in [0.25, 0.3) is 11.5 Å². The fourth-order valence-electron chi connectivity index (χ4n) is 3.21. The summed E-state index contributed by atoms with van der Waals surface area (Å²) in [7, 11) is 5.13. The van der Waals surface area contributed by atoms with Crippen molar-refractivity contribution in [3.05, 3.63) is 70.3 Å². The summed E-state index contributed by atoms with van der Waals surface area (Å²) in [5.41, 5.74) is 2.07. The van der Waals surface area contributed by atoms with Crippen LogP contribution in [0.25, 0.3) is 16.7 Å². The lowest BCUT2D eigenvalue weighted by molar-refractivity contribution is 0.0827. The molecule has 0 atom stereocenters.